The number of hydrogen-bond acceptors (Lipinski definition) is 8. The molecule has 0 unspecified atom stereocenters. The summed E-state index contributed by atoms with van der Waals surface area (Å²) in [7, 11) is 2.67. The maximum atomic E-state index is 12.9. The van der Waals surface area contributed by atoms with E-state index in [1.165, 1.54) is 32.4 Å². The minimum absolute atomic E-state index is 0.0353. The number of furan rings is 1. The number of hydrogen-bond donors (Lipinski definition) is 2. The van der Waals surface area contributed by atoms with Gasteiger partial charge < -0.3 is 29.3 Å². The Kier molecular flexibility index (Phi) is 8.31. The first-order valence-electron chi connectivity index (χ1n) is 11.2. The average molecular weight is 631 g/mol. The molecule has 0 spiro atoms. The Morgan fingerprint density at radius 3 is 2.58 bits per heavy atom. The second-order valence-corrected chi connectivity index (χ2v) is 9.04. The molecule has 1 aromatic heterocycles. The number of nitrogens with one attached hydrogen (secondary N) is 2. The molecule has 11 nitrogen and oxygen atoms in total. The Morgan fingerprint density at radius 2 is 1.87 bits per heavy atom. The Bertz CT molecular complexity index is 1420. The molecule has 196 valence electrons. The van der Waals surface area contributed by atoms with E-state index in [1.54, 1.807) is 24.3 Å². The molecule has 2 N–H and O–H groups in total. The van der Waals surface area contributed by atoms with E-state index in [0.29, 0.717) is 26.3 Å². The minimum Gasteiger partial charge on any atom is -0.493 e. The van der Waals surface area contributed by atoms with Gasteiger partial charge in [0.1, 0.15) is 11.5 Å². The van der Waals surface area contributed by atoms with E-state index in [2.05, 4.69) is 15.4 Å². The fraction of sp³-hybridized carbons (Fsp3) is 0.154. The van der Waals surface area contributed by atoms with Crippen LogP contribution < -0.4 is 20.1 Å². The Labute approximate surface area is 230 Å². The van der Waals surface area contributed by atoms with Gasteiger partial charge in [-0.05, 0) is 70.6 Å². The molecule has 1 saturated heterocycles. The number of para-hydroxylation sites is 1. The number of amides is 4. The van der Waals surface area contributed by atoms with Crippen LogP contribution in [0.2, 0.25) is 0 Å². The SMILES string of the molecule is COC(=O)c1ccc(CN2C(=O)N/C(=C\c3cc(I)c(OCC(=O)Nc4ccccc4)c(OC)c3)C2=O)o1. The van der Waals surface area contributed by atoms with Crippen molar-refractivity contribution < 1.29 is 37.8 Å². The topological polar surface area (TPSA) is 136 Å². The third kappa shape index (κ3) is 6.14. The maximum Gasteiger partial charge on any atom is 0.373 e. The van der Waals surface area contributed by atoms with Crippen LogP contribution >= 0.6 is 22.6 Å². The number of nitrogens with zero attached hydrogens (tertiary/aromatic N) is 1. The summed E-state index contributed by atoms with van der Waals surface area (Å²) >= 11 is 2.03. The smallest absolute Gasteiger partial charge is 0.373 e. The van der Waals surface area contributed by atoms with Crippen molar-refractivity contribution in [3.05, 3.63) is 80.9 Å². The molecule has 4 amide bonds. The first kappa shape index (κ1) is 26.7. The largest absolute Gasteiger partial charge is 0.493 e. The molecule has 12 heteroatoms. The van der Waals surface area contributed by atoms with Gasteiger partial charge in [0.05, 0.1) is 24.3 Å². The number of halogens is 1. The van der Waals surface area contributed by atoms with E-state index >= 15 is 0 Å². The summed E-state index contributed by atoms with van der Waals surface area (Å²) in [6.07, 6.45) is 1.50. The van der Waals surface area contributed by atoms with Gasteiger partial charge in [0.15, 0.2) is 18.1 Å². The number of anilines is 1. The van der Waals surface area contributed by atoms with Crippen molar-refractivity contribution in [2.45, 2.75) is 6.54 Å². The maximum absolute atomic E-state index is 12.9. The molecule has 3 aromatic rings. The van der Waals surface area contributed by atoms with Crippen LogP contribution in [0.1, 0.15) is 21.9 Å². The van der Waals surface area contributed by atoms with Gasteiger partial charge >= 0.3 is 12.0 Å². The van der Waals surface area contributed by atoms with Crippen LogP contribution in [0.15, 0.2) is 64.7 Å². The fourth-order valence-corrected chi connectivity index (χ4v) is 4.31. The van der Waals surface area contributed by atoms with Gasteiger partial charge in [0, 0.05) is 5.69 Å². The van der Waals surface area contributed by atoms with Gasteiger partial charge in [-0.3, -0.25) is 14.5 Å². The lowest BCUT2D eigenvalue weighted by atomic mass is 10.1. The van der Waals surface area contributed by atoms with Gasteiger partial charge in [0.25, 0.3) is 11.8 Å². The summed E-state index contributed by atoms with van der Waals surface area (Å²) in [6.45, 7) is -0.409. The minimum atomic E-state index is -0.665. The molecule has 2 aromatic carbocycles. The summed E-state index contributed by atoms with van der Waals surface area (Å²) < 4.78 is 21.7. The van der Waals surface area contributed by atoms with Crippen LogP contribution in [-0.2, 0) is 20.9 Å². The van der Waals surface area contributed by atoms with Crippen molar-refractivity contribution in [3.63, 3.8) is 0 Å². The van der Waals surface area contributed by atoms with E-state index in [1.807, 2.05) is 40.8 Å². The first-order valence-corrected chi connectivity index (χ1v) is 12.2. The van der Waals surface area contributed by atoms with Crippen molar-refractivity contribution in [3.8, 4) is 11.5 Å². The lowest BCUT2D eigenvalue weighted by Gasteiger charge is -2.14. The molecule has 4 rings (SSSR count). The summed E-state index contributed by atoms with van der Waals surface area (Å²) in [4.78, 5) is 50.1. The molecular weight excluding hydrogens is 609 g/mol. The second kappa shape index (κ2) is 11.8. The zero-order chi connectivity index (χ0) is 27.2. The molecule has 0 radical (unpaired) electrons. The molecule has 1 aliphatic heterocycles. The number of ether oxygens (including phenoxy) is 3. The fourth-order valence-electron chi connectivity index (χ4n) is 3.53. The molecule has 1 aliphatic rings. The van der Waals surface area contributed by atoms with E-state index in [9.17, 15) is 19.2 Å². The summed E-state index contributed by atoms with van der Waals surface area (Å²) in [5.74, 6) is -0.664. The molecule has 38 heavy (non-hydrogen) atoms. The van der Waals surface area contributed by atoms with E-state index < -0.39 is 17.9 Å². The average Bonchev–Trinajstić information content (AvgIpc) is 3.48. The summed E-state index contributed by atoms with van der Waals surface area (Å²) in [6, 6.07) is 14.6. The quantitative estimate of drug-likeness (QED) is 0.158. The van der Waals surface area contributed by atoms with Crippen LogP contribution in [0.5, 0.6) is 11.5 Å². The Morgan fingerprint density at radius 1 is 1.11 bits per heavy atom. The van der Waals surface area contributed by atoms with Crippen molar-refractivity contribution in [1.82, 2.24) is 10.2 Å². The predicted molar refractivity (Wildman–Crippen MR) is 143 cm³/mol. The molecule has 0 aliphatic carbocycles. The molecular formula is C26H22IN3O8. The third-order valence-corrected chi connectivity index (χ3v) is 6.09. The predicted octanol–water partition coefficient (Wildman–Crippen LogP) is 3.79. The molecule has 0 atom stereocenters. The highest BCUT2D eigenvalue weighted by atomic mass is 127. The zero-order valence-electron chi connectivity index (χ0n) is 20.3. The van der Waals surface area contributed by atoms with Crippen LogP contribution in [0.4, 0.5) is 10.5 Å². The van der Waals surface area contributed by atoms with Crippen LogP contribution in [-0.4, -0.2) is 49.5 Å². The van der Waals surface area contributed by atoms with Gasteiger partial charge in [0.2, 0.25) is 5.76 Å². The number of esters is 1. The number of rotatable bonds is 9. The normalized spacial score (nSPS) is 13.9. The first-order chi connectivity index (χ1) is 18.3. The van der Waals surface area contributed by atoms with Gasteiger partial charge in [-0.15, -0.1) is 0 Å². The highest BCUT2D eigenvalue weighted by molar-refractivity contribution is 14.1. The standard InChI is InChI=1S/C26H22IN3O8/c1-35-21-12-15(10-18(27)23(21)37-14-22(31)28-16-6-4-3-5-7-16)11-19-24(32)30(26(34)29-19)13-17-8-9-20(38-17)25(33)36-2/h3-12H,13-14H2,1-2H3,(H,28,31)(H,29,34)/b19-11-. The van der Waals surface area contributed by atoms with Gasteiger partial charge in [-0.25, -0.2) is 9.59 Å². The van der Waals surface area contributed by atoms with Crippen molar-refractivity contribution in [1.29, 1.82) is 0 Å². The number of benzene rings is 2. The highest BCUT2D eigenvalue weighted by Gasteiger charge is 2.34. The number of urea groups is 1. The van der Waals surface area contributed by atoms with Crippen LogP contribution in [0.3, 0.4) is 0 Å². The van der Waals surface area contributed by atoms with Crippen molar-refractivity contribution >= 4 is 58.2 Å². The molecule has 2 heterocycles. The highest BCUT2D eigenvalue weighted by Crippen LogP contribution is 2.35. The van der Waals surface area contributed by atoms with Gasteiger partial charge in [-0.1, -0.05) is 18.2 Å². The monoisotopic (exact) mass is 631 g/mol. The summed E-state index contributed by atoms with van der Waals surface area (Å²) in [5, 5.41) is 5.28. The zero-order valence-corrected chi connectivity index (χ0v) is 22.4. The lowest BCUT2D eigenvalue weighted by molar-refractivity contribution is -0.123. The Balaban J connectivity index is 1.45. The summed E-state index contributed by atoms with van der Waals surface area (Å²) in [5.41, 5.74) is 1.25. The number of methoxy groups -OCH3 is 2. The number of carbonyl (C=O) groups excluding carboxylic acids is 4. The van der Waals surface area contributed by atoms with E-state index in [-0.39, 0.29) is 36.3 Å². The van der Waals surface area contributed by atoms with Crippen LogP contribution in [0, 0.1) is 3.57 Å². The van der Waals surface area contributed by atoms with Gasteiger partial charge in [-0.2, -0.15) is 0 Å². The second-order valence-electron chi connectivity index (χ2n) is 7.87. The number of imide groups is 1. The molecule has 0 bridgehead atoms. The van der Waals surface area contributed by atoms with Crippen LogP contribution in [0.25, 0.3) is 6.08 Å². The molecule has 1 fully saturated rings. The Hall–Kier alpha value is -4.33. The molecule has 0 saturated carbocycles. The van der Waals surface area contributed by atoms with Crippen molar-refractivity contribution in [2.24, 2.45) is 0 Å². The van der Waals surface area contributed by atoms with E-state index in [4.69, 9.17) is 13.9 Å². The van der Waals surface area contributed by atoms with E-state index in [0.717, 1.165) is 4.90 Å². The third-order valence-electron chi connectivity index (χ3n) is 5.29. The lowest BCUT2D eigenvalue weighted by Crippen LogP contribution is -2.30. The number of carbonyl (C=O) groups is 4. The van der Waals surface area contributed by atoms with Crippen molar-refractivity contribution in [2.75, 3.05) is 26.1 Å².